The Morgan fingerprint density at radius 2 is 2.17 bits per heavy atom. The van der Waals surface area contributed by atoms with Crippen molar-refractivity contribution in [3.8, 4) is 5.69 Å². The van der Waals surface area contributed by atoms with E-state index in [4.69, 9.17) is 0 Å². The third-order valence-corrected chi connectivity index (χ3v) is 4.34. The summed E-state index contributed by atoms with van der Waals surface area (Å²) in [5.41, 5.74) is 1.32. The lowest BCUT2D eigenvalue weighted by atomic mass is 10.2. The molecule has 114 valence electrons. The first kappa shape index (κ1) is 13.8. The van der Waals surface area contributed by atoms with Crippen molar-refractivity contribution < 1.29 is 4.39 Å². The van der Waals surface area contributed by atoms with Crippen molar-refractivity contribution in [3.63, 3.8) is 0 Å². The molecule has 0 bridgehead atoms. The maximum atomic E-state index is 14.2. The van der Waals surface area contributed by atoms with Crippen molar-refractivity contribution in [1.82, 2.24) is 19.5 Å². The van der Waals surface area contributed by atoms with Crippen LogP contribution < -0.4 is 5.32 Å². The number of benzene rings is 1. The van der Waals surface area contributed by atoms with E-state index in [-0.39, 0.29) is 5.82 Å². The van der Waals surface area contributed by atoms with Gasteiger partial charge in [0, 0.05) is 18.9 Å². The van der Waals surface area contributed by atoms with Gasteiger partial charge in [0.25, 0.3) is 0 Å². The highest BCUT2D eigenvalue weighted by Gasteiger charge is 2.07. The van der Waals surface area contributed by atoms with E-state index in [1.54, 1.807) is 40.7 Å². The molecule has 23 heavy (non-hydrogen) atoms. The van der Waals surface area contributed by atoms with Crippen LogP contribution in [-0.4, -0.2) is 19.5 Å². The molecule has 4 rings (SSSR count). The number of anilines is 1. The van der Waals surface area contributed by atoms with Crippen molar-refractivity contribution in [1.29, 1.82) is 0 Å². The molecule has 0 saturated carbocycles. The topological polar surface area (TPSA) is 55.6 Å². The second-order valence-electron chi connectivity index (χ2n) is 4.97. The standard InChI is InChI=1S/C16H12FN5S/c17-13-7-11(1-2-14(13)22-5-4-18-10-22)8-19-15-12-3-6-23-16(12)21-9-20-15/h1-7,9-10H,8H2,(H,19,20,21). The number of hydrogen-bond donors (Lipinski definition) is 1. The summed E-state index contributed by atoms with van der Waals surface area (Å²) in [6, 6.07) is 7.13. The summed E-state index contributed by atoms with van der Waals surface area (Å²) in [6.07, 6.45) is 6.44. The van der Waals surface area contributed by atoms with Gasteiger partial charge in [-0.3, -0.25) is 0 Å². The minimum atomic E-state index is -0.286. The minimum absolute atomic E-state index is 0.286. The van der Waals surface area contributed by atoms with Crippen molar-refractivity contribution in [2.45, 2.75) is 6.54 Å². The largest absolute Gasteiger partial charge is 0.365 e. The van der Waals surface area contributed by atoms with Gasteiger partial charge in [0.1, 0.15) is 22.8 Å². The van der Waals surface area contributed by atoms with Gasteiger partial charge in [-0.15, -0.1) is 11.3 Å². The number of halogens is 1. The molecule has 0 spiro atoms. The van der Waals surface area contributed by atoms with E-state index in [9.17, 15) is 4.39 Å². The Labute approximate surface area is 135 Å². The minimum Gasteiger partial charge on any atom is -0.365 e. The first-order chi connectivity index (χ1) is 11.3. The van der Waals surface area contributed by atoms with E-state index in [0.717, 1.165) is 21.6 Å². The molecule has 0 saturated heterocycles. The lowest BCUT2D eigenvalue weighted by Gasteiger charge is -2.09. The number of rotatable bonds is 4. The number of aromatic nitrogens is 4. The Balaban J connectivity index is 1.55. The summed E-state index contributed by atoms with van der Waals surface area (Å²) in [5, 5.41) is 6.20. The molecular weight excluding hydrogens is 313 g/mol. The number of nitrogens with one attached hydrogen (secondary N) is 1. The lowest BCUT2D eigenvalue weighted by molar-refractivity contribution is 0.616. The highest BCUT2D eigenvalue weighted by molar-refractivity contribution is 7.16. The average Bonchev–Trinajstić information content (AvgIpc) is 3.24. The number of thiophene rings is 1. The molecule has 0 aliphatic carbocycles. The summed E-state index contributed by atoms with van der Waals surface area (Å²) in [7, 11) is 0. The number of imidazole rings is 1. The molecular formula is C16H12FN5S. The van der Waals surface area contributed by atoms with E-state index >= 15 is 0 Å². The van der Waals surface area contributed by atoms with Crippen LogP contribution in [0.3, 0.4) is 0 Å². The quantitative estimate of drug-likeness (QED) is 0.622. The molecule has 1 N–H and O–H groups in total. The molecule has 3 heterocycles. The van der Waals surface area contributed by atoms with Gasteiger partial charge in [0.05, 0.1) is 17.4 Å². The summed E-state index contributed by atoms with van der Waals surface area (Å²) < 4.78 is 15.9. The molecule has 7 heteroatoms. The van der Waals surface area contributed by atoms with Crippen LogP contribution in [0, 0.1) is 5.82 Å². The maximum absolute atomic E-state index is 14.2. The molecule has 0 fully saturated rings. The third-order valence-electron chi connectivity index (χ3n) is 3.52. The molecule has 1 aromatic carbocycles. The molecule has 0 radical (unpaired) electrons. The summed E-state index contributed by atoms with van der Waals surface area (Å²) in [6.45, 7) is 0.489. The number of fused-ring (bicyclic) bond motifs is 1. The van der Waals surface area contributed by atoms with E-state index in [1.807, 2.05) is 17.5 Å². The predicted molar refractivity (Wildman–Crippen MR) is 88.3 cm³/mol. The predicted octanol–water partition coefficient (Wildman–Crippen LogP) is 3.63. The fourth-order valence-electron chi connectivity index (χ4n) is 2.39. The molecule has 0 atom stereocenters. The molecule has 3 aromatic heterocycles. The van der Waals surface area contributed by atoms with Crippen LogP contribution in [0.1, 0.15) is 5.56 Å². The summed E-state index contributed by atoms with van der Waals surface area (Å²) in [4.78, 5) is 13.3. The van der Waals surface area contributed by atoms with Crippen LogP contribution in [0.15, 0.2) is 54.7 Å². The fourth-order valence-corrected chi connectivity index (χ4v) is 3.12. The highest BCUT2D eigenvalue weighted by atomic mass is 32.1. The van der Waals surface area contributed by atoms with Gasteiger partial charge in [0.15, 0.2) is 0 Å². The number of nitrogens with zero attached hydrogens (tertiary/aromatic N) is 4. The van der Waals surface area contributed by atoms with Gasteiger partial charge in [-0.25, -0.2) is 19.3 Å². The Kier molecular flexibility index (Phi) is 3.47. The van der Waals surface area contributed by atoms with Gasteiger partial charge >= 0.3 is 0 Å². The van der Waals surface area contributed by atoms with Crippen molar-refractivity contribution in [2.24, 2.45) is 0 Å². The second kappa shape index (κ2) is 5.77. The van der Waals surface area contributed by atoms with Crippen LogP contribution in [0.25, 0.3) is 15.9 Å². The highest BCUT2D eigenvalue weighted by Crippen LogP contribution is 2.24. The summed E-state index contributed by atoms with van der Waals surface area (Å²) in [5.74, 6) is 0.473. The third kappa shape index (κ3) is 2.66. The van der Waals surface area contributed by atoms with Gasteiger partial charge in [-0.2, -0.15) is 0 Å². The van der Waals surface area contributed by atoms with Crippen LogP contribution >= 0.6 is 11.3 Å². The zero-order chi connectivity index (χ0) is 15.6. The maximum Gasteiger partial charge on any atom is 0.147 e. The fraction of sp³-hybridized carbons (Fsp3) is 0.0625. The monoisotopic (exact) mass is 325 g/mol. The Morgan fingerprint density at radius 3 is 3.00 bits per heavy atom. The van der Waals surface area contributed by atoms with E-state index < -0.39 is 0 Å². The Hall–Kier alpha value is -2.80. The van der Waals surface area contributed by atoms with Gasteiger partial charge in [-0.1, -0.05) is 6.07 Å². The molecule has 4 aromatic rings. The Morgan fingerprint density at radius 1 is 1.22 bits per heavy atom. The van der Waals surface area contributed by atoms with Gasteiger partial charge in [0.2, 0.25) is 0 Å². The first-order valence-electron chi connectivity index (χ1n) is 7.00. The van der Waals surface area contributed by atoms with Crippen molar-refractivity contribution in [3.05, 3.63) is 66.1 Å². The zero-order valence-electron chi connectivity index (χ0n) is 12.0. The SMILES string of the molecule is Fc1cc(CNc2ncnc3sccc23)ccc1-n1ccnc1. The molecule has 5 nitrogen and oxygen atoms in total. The number of hydrogen-bond acceptors (Lipinski definition) is 5. The molecule has 0 aliphatic heterocycles. The normalized spacial score (nSPS) is 11.0. The smallest absolute Gasteiger partial charge is 0.147 e. The average molecular weight is 325 g/mol. The van der Waals surface area contributed by atoms with E-state index in [1.165, 1.54) is 12.4 Å². The van der Waals surface area contributed by atoms with E-state index in [2.05, 4.69) is 20.3 Å². The van der Waals surface area contributed by atoms with Gasteiger partial charge < -0.3 is 9.88 Å². The van der Waals surface area contributed by atoms with E-state index in [0.29, 0.717) is 12.2 Å². The molecule has 0 amide bonds. The van der Waals surface area contributed by atoms with Crippen LogP contribution in [0.2, 0.25) is 0 Å². The van der Waals surface area contributed by atoms with Crippen molar-refractivity contribution in [2.75, 3.05) is 5.32 Å². The first-order valence-corrected chi connectivity index (χ1v) is 7.88. The lowest BCUT2D eigenvalue weighted by Crippen LogP contribution is -2.03. The van der Waals surface area contributed by atoms with Gasteiger partial charge in [-0.05, 0) is 29.1 Å². The summed E-state index contributed by atoms with van der Waals surface area (Å²) >= 11 is 1.57. The van der Waals surface area contributed by atoms with Crippen molar-refractivity contribution >= 4 is 27.4 Å². The second-order valence-corrected chi connectivity index (χ2v) is 5.87. The molecule has 0 unspecified atom stereocenters. The van der Waals surface area contributed by atoms with Crippen LogP contribution in [-0.2, 0) is 6.54 Å². The van der Waals surface area contributed by atoms with Crippen LogP contribution in [0.4, 0.5) is 10.2 Å². The van der Waals surface area contributed by atoms with Crippen LogP contribution in [0.5, 0.6) is 0 Å². The molecule has 0 aliphatic rings. The zero-order valence-corrected chi connectivity index (χ0v) is 12.8. The Bertz CT molecular complexity index is 948.